The molecule has 1 heterocycles. The van der Waals surface area contributed by atoms with Crippen molar-refractivity contribution in [1.29, 1.82) is 0 Å². The number of nitro groups is 1. The van der Waals surface area contributed by atoms with Crippen LogP contribution >= 0.6 is 0 Å². The fourth-order valence-corrected chi connectivity index (χ4v) is 1.04. The molecule has 1 aromatic rings. The van der Waals surface area contributed by atoms with E-state index in [4.69, 9.17) is 0 Å². The summed E-state index contributed by atoms with van der Waals surface area (Å²) < 4.78 is 4.54. The van der Waals surface area contributed by atoms with Crippen LogP contribution in [-0.2, 0) is 4.74 Å². The molecule has 2 N–H and O–H groups in total. The van der Waals surface area contributed by atoms with Gasteiger partial charge in [0.1, 0.15) is 5.56 Å². The highest BCUT2D eigenvalue weighted by Crippen LogP contribution is 2.25. The summed E-state index contributed by atoms with van der Waals surface area (Å²) >= 11 is 0. The summed E-state index contributed by atoms with van der Waals surface area (Å²) in [4.78, 5) is 33.6. The zero-order valence-corrected chi connectivity index (χ0v) is 8.22. The summed E-state index contributed by atoms with van der Waals surface area (Å²) in [5.41, 5.74) is -2.62. The van der Waals surface area contributed by atoms with Crippen molar-refractivity contribution in [2.75, 3.05) is 6.61 Å². The van der Waals surface area contributed by atoms with Gasteiger partial charge in [0, 0.05) is 6.20 Å². The Balaban J connectivity index is 3.35. The van der Waals surface area contributed by atoms with Crippen LogP contribution in [0.5, 0.6) is 5.75 Å². The number of pyridine rings is 1. The number of carbonyl (C=O) groups excluding carboxylic acids is 1. The summed E-state index contributed by atoms with van der Waals surface area (Å²) in [5.74, 6) is -1.94. The van der Waals surface area contributed by atoms with Crippen molar-refractivity contribution in [2.24, 2.45) is 0 Å². The van der Waals surface area contributed by atoms with Crippen molar-refractivity contribution in [3.63, 3.8) is 0 Å². The van der Waals surface area contributed by atoms with Crippen LogP contribution in [0.2, 0.25) is 0 Å². The van der Waals surface area contributed by atoms with E-state index < -0.39 is 33.5 Å². The van der Waals surface area contributed by atoms with Gasteiger partial charge in [0.15, 0.2) is 0 Å². The molecule has 16 heavy (non-hydrogen) atoms. The normalized spacial score (nSPS) is 9.81. The Bertz CT molecular complexity index is 492. The third-order valence-corrected chi connectivity index (χ3v) is 1.72. The van der Waals surface area contributed by atoms with Gasteiger partial charge in [-0.2, -0.15) is 0 Å². The van der Waals surface area contributed by atoms with E-state index in [-0.39, 0.29) is 6.61 Å². The maximum absolute atomic E-state index is 11.2. The Morgan fingerprint density at radius 1 is 1.69 bits per heavy atom. The van der Waals surface area contributed by atoms with Crippen molar-refractivity contribution in [3.05, 3.63) is 32.2 Å². The molecule has 8 heteroatoms. The zero-order valence-electron chi connectivity index (χ0n) is 8.22. The van der Waals surface area contributed by atoms with Crippen LogP contribution in [0, 0.1) is 10.1 Å². The lowest BCUT2D eigenvalue weighted by molar-refractivity contribution is -0.387. The lowest BCUT2D eigenvalue weighted by Crippen LogP contribution is -2.15. The highest BCUT2D eigenvalue weighted by molar-refractivity contribution is 5.93. The molecule has 0 radical (unpaired) electrons. The summed E-state index contributed by atoms with van der Waals surface area (Å²) in [6, 6.07) is 0. The first-order chi connectivity index (χ1) is 7.49. The van der Waals surface area contributed by atoms with E-state index in [1.807, 2.05) is 4.98 Å². The molecule has 0 atom stereocenters. The van der Waals surface area contributed by atoms with Gasteiger partial charge in [0.05, 0.1) is 11.5 Å². The molecule has 0 bridgehead atoms. The number of carbonyl (C=O) groups is 1. The Morgan fingerprint density at radius 3 is 2.81 bits per heavy atom. The molecule has 0 fully saturated rings. The fourth-order valence-electron chi connectivity index (χ4n) is 1.04. The third-order valence-electron chi connectivity index (χ3n) is 1.72. The van der Waals surface area contributed by atoms with Gasteiger partial charge < -0.3 is 14.8 Å². The fraction of sp³-hybridized carbons (Fsp3) is 0.250. The third kappa shape index (κ3) is 2.00. The number of ether oxygens (including phenoxy) is 1. The van der Waals surface area contributed by atoms with Crippen LogP contribution in [-0.4, -0.2) is 27.6 Å². The van der Waals surface area contributed by atoms with Gasteiger partial charge in [-0.15, -0.1) is 0 Å². The predicted molar refractivity (Wildman–Crippen MR) is 51.3 cm³/mol. The minimum absolute atomic E-state index is 0.0468. The van der Waals surface area contributed by atoms with Gasteiger partial charge in [-0.25, -0.2) is 4.79 Å². The summed E-state index contributed by atoms with van der Waals surface area (Å²) in [6.07, 6.45) is 0.864. The molecule has 0 unspecified atom stereocenters. The number of hydrogen-bond donors (Lipinski definition) is 2. The molecular formula is C8H8N2O6. The van der Waals surface area contributed by atoms with Gasteiger partial charge in [-0.05, 0) is 6.92 Å². The van der Waals surface area contributed by atoms with Gasteiger partial charge >= 0.3 is 17.2 Å². The van der Waals surface area contributed by atoms with Crippen LogP contribution in [0.4, 0.5) is 5.69 Å². The average molecular weight is 228 g/mol. The number of esters is 1. The molecule has 0 spiro atoms. The molecular weight excluding hydrogens is 220 g/mol. The maximum Gasteiger partial charge on any atom is 0.375 e. The Kier molecular flexibility index (Phi) is 3.24. The maximum atomic E-state index is 11.2. The number of aromatic nitrogens is 1. The van der Waals surface area contributed by atoms with E-state index >= 15 is 0 Å². The predicted octanol–water partition coefficient (Wildman–Crippen LogP) is 0.165. The molecule has 0 saturated heterocycles. The Hall–Kier alpha value is -2.38. The van der Waals surface area contributed by atoms with Crippen molar-refractivity contribution in [3.8, 4) is 5.75 Å². The average Bonchev–Trinajstić information content (AvgIpc) is 2.17. The van der Waals surface area contributed by atoms with Crippen molar-refractivity contribution < 1.29 is 19.6 Å². The van der Waals surface area contributed by atoms with Crippen LogP contribution in [0.15, 0.2) is 11.0 Å². The monoisotopic (exact) mass is 228 g/mol. The first-order valence-electron chi connectivity index (χ1n) is 4.25. The zero-order chi connectivity index (χ0) is 12.3. The van der Waals surface area contributed by atoms with Crippen LogP contribution in [0.3, 0.4) is 0 Å². The van der Waals surface area contributed by atoms with Crippen molar-refractivity contribution >= 4 is 11.7 Å². The molecule has 1 aromatic heterocycles. The first-order valence-corrected chi connectivity index (χ1v) is 4.25. The Labute approximate surface area is 88.6 Å². The first kappa shape index (κ1) is 11.7. The second kappa shape index (κ2) is 4.43. The molecule has 1 rings (SSSR count). The standard InChI is InChI=1S/C8H8N2O6/c1-2-16-8(13)4-3-9-7(12)5(6(4)11)10(14)15/h3H,2H2,1H3,(H2,9,11,12). The van der Waals surface area contributed by atoms with Crippen LogP contribution < -0.4 is 5.56 Å². The second-order valence-electron chi connectivity index (χ2n) is 2.71. The van der Waals surface area contributed by atoms with E-state index in [0.29, 0.717) is 0 Å². The summed E-state index contributed by atoms with van der Waals surface area (Å²) in [6.45, 7) is 1.58. The highest BCUT2D eigenvalue weighted by atomic mass is 16.6. The minimum atomic E-state index is -1.09. The topological polar surface area (TPSA) is 123 Å². The molecule has 0 aliphatic heterocycles. The molecule has 8 nitrogen and oxygen atoms in total. The van der Waals surface area contributed by atoms with E-state index in [1.54, 1.807) is 0 Å². The van der Waals surface area contributed by atoms with Gasteiger partial charge in [0.25, 0.3) is 0 Å². The largest absolute Gasteiger partial charge is 0.501 e. The minimum Gasteiger partial charge on any atom is -0.501 e. The van der Waals surface area contributed by atoms with Gasteiger partial charge in [-0.3, -0.25) is 14.9 Å². The number of hydrogen-bond acceptors (Lipinski definition) is 6. The van der Waals surface area contributed by atoms with E-state index in [0.717, 1.165) is 6.20 Å². The van der Waals surface area contributed by atoms with Crippen LogP contribution in [0.25, 0.3) is 0 Å². The second-order valence-corrected chi connectivity index (χ2v) is 2.71. The molecule has 0 aliphatic carbocycles. The Morgan fingerprint density at radius 2 is 2.31 bits per heavy atom. The summed E-state index contributed by atoms with van der Waals surface area (Å²) in [7, 11) is 0. The van der Waals surface area contributed by atoms with Gasteiger partial charge in [-0.1, -0.05) is 0 Å². The number of rotatable bonds is 3. The van der Waals surface area contributed by atoms with E-state index in [9.17, 15) is 24.8 Å². The van der Waals surface area contributed by atoms with E-state index in [1.165, 1.54) is 6.92 Å². The van der Waals surface area contributed by atoms with Crippen LogP contribution in [0.1, 0.15) is 17.3 Å². The highest BCUT2D eigenvalue weighted by Gasteiger charge is 2.26. The molecule has 0 amide bonds. The quantitative estimate of drug-likeness (QED) is 0.431. The number of nitrogens with zero attached hydrogens (tertiary/aromatic N) is 1. The van der Waals surface area contributed by atoms with Gasteiger partial charge in [0.2, 0.25) is 5.75 Å². The molecule has 0 aliphatic rings. The molecule has 0 aromatic carbocycles. The van der Waals surface area contributed by atoms with Crippen molar-refractivity contribution in [2.45, 2.75) is 6.92 Å². The smallest absolute Gasteiger partial charge is 0.375 e. The molecule has 0 saturated carbocycles. The lowest BCUT2D eigenvalue weighted by atomic mass is 10.2. The number of aromatic amines is 1. The summed E-state index contributed by atoms with van der Waals surface area (Å²) in [5, 5.41) is 19.8. The SMILES string of the molecule is CCOC(=O)c1c[nH]c(=O)c([N+](=O)[O-])c1O. The molecule has 86 valence electrons. The lowest BCUT2D eigenvalue weighted by Gasteiger charge is -2.03. The van der Waals surface area contributed by atoms with E-state index in [2.05, 4.69) is 4.74 Å². The number of H-pyrrole nitrogens is 1. The number of aromatic hydroxyl groups is 1. The number of nitrogens with one attached hydrogen (secondary N) is 1. The van der Waals surface area contributed by atoms with Crippen molar-refractivity contribution in [1.82, 2.24) is 4.98 Å².